The third kappa shape index (κ3) is 5.75. The number of carbonyl (C=O) groups excluding carboxylic acids is 3. The fourth-order valence-corrected chi connectivity index (χ4v) is 3.45. The summed E-state index contributed by atoms with van der Waals surface area (Å²) in [5.41, 5.74) is 11.3. The van der Waals surface area contributed by atoms with Crippen molar-refractivity contribution in [1.29, 1.82) is 0 Å². The molecule has 0 aliphatic carbocycles. The molecule has 182 valence electrons. The van der Waals surface area contributed by atoms with Gasteiger partial charge in [-0.25, -0.2) is 4.98 Å². The molecule has 9 nitrogen and oxygen atoms in total. The number of nitrogens with two attached hydrogens (primary N) is 2. The minimum Gasteiger partial charge on any atom is -0.393 e. The van der Waals surface area contributed by atoms with Crippen molar-refractivity contribution >= 4 is 23.3 Å². The molecule has 2 aromatic carbocycles. The molecule has 0 spiro atoms. The summed E-state index contributed by atoms with van der Waals surface area (Å²) in [5, 5.41) is 2.21. The Morgan fingerprint density at radius 2 is 1.80 bits per heavy atom. The Kier molecular flexibility index (Phi) is 7.38. The van der Waals surface area contributed by atoms with Crippen molar-refractivity contribution < 1.29 is 23.2 Å². The number of ketones is 1. The Hall–Kier alpha value is -4.41. The van der Waals surface area contributed by atoms with Crippen LogP contribution in [0.4, 0.5) is 14.5 Å². The highest BCUT2D eigenvalue weighted by Crippen LogP contribution is 2.20. The van der Waals surface area contributed by atoms with Crippen LogP contribution in [0.5, 0.6) is 0 Å². The number of amides is 2. The monoisotopic (exact) mass is 483 g/mol. The Morgan fingerprint density at radius 1 is 1.11 bits per heavy atom. The average molecular weight is 483 g/mol. The Balaban J connectivity index is 1.94. The Bertz CT molecular complexity index is 1320. The van der Waals surface area contributed by atoms with Gasteiger partial charge in [0, 0.05) is 12.0 Å². The number of hydrogen-bond acceptors (Lipinski definition) is 6. The zero-order valence-electron chi connectivity index (χ0n) is 18.7. The van der Waals surface area contributed by atoms with E-state index in [1.165, 1.54) is 0 Å². The number of alkyl halides is 2. The molecule has 1 aromatic heterocycles. The van der Waals surface area contributed by atoms with Crippen molar-refractivity contribution in [1.82, 2.24) is 14.9 Å². The number of rotatable bonds is 9. The third-order valence-electron chi connectivity index (χ3n) is 5.20. The van der Waals surface area contributed by atoms with Gasteiger partial charge in [0.2, 0.25) is 11.7 Å². The van der Waals surface area contributed by atoms with Crippen LogP contribution in [0.3, 0.4) is 0 Å². The largest absolute Gasteiger partial charge is 0.393 e. The fourth-order valence-electron chi connectivity index (χ4n) is 3.45. The summed E-state index contributed by atoms with van der Waals surface area (Å²) in [6, 6.07) is 13.2. The van der Waals surface area contributed by atoms with E-state index in [0.29, 0.717) is 11.1 Å². The molecular weight excluding hydrogens is 460 g/mol. The van der Waals surface area contributed by atoms with E-state index in [1.54, 1.807) is 48.5 Å². The van der Waals surface area contributed by atoms with E-state index in [9.17, 15) is 28.0 Å². The number of carbonyl (C=O) groups is 3. The third-order valence-corrected chi connectivity index (χ3v) is 5.20. The van der Waals surface area contributed by atoms with Gasteiger partial charge in [0.15, 0.2) is 0 Å². The summed E-state index contributed by atoms with van der Waals surface area (Å²) in [4.78, 5) is 53.4. The first-order chi connectivity index (χ1) is 16.5. The molecule has 0 saturated carbocycles. The first-order valence-electron chi connectivity index (χ1n) is 10.5. The van der Waals surface area contributed by atoms with Gasteiger partial charge in [-0.3, -0.25) is 23.7 Å². The number of hydrogen-bond donors (Lipinski definition) is 3. The molecule has 35 heavy (non-hydrogen) atoms. The van der Waals surface area contributed by atoms with Crippen LogP contribution in [-0.4, -0.2) is 39.1 Å². The van der Waals surface area contributed by atoms with Gasteiger partial charge in [0.25, 0.3) is 11.5 Å². The van der Waals surface area contributed by atoms with Gasteiger partial charge in [-0.05, 0) is 18.6 Å². The van der Waals surface area contributed by atoms with Crippen LogP contribution < -0.4 is 22.3 Å². The minimum absolute atomic E-state index is 0.122. The lowest BCUT2D eigenvalue weighted by Crippen LogP contribution is -2.55. The van der Waals surface area contributed by atoms with Crippen LogP contribution in [-0.2, 0) is 27.3 Å². The van der Waals surface area contributed by atoms with E-state index in [1.807, 2.05) is 13.0 Å². The number of benzene rings is 2. The second kappa shape index (κ2) is 10.2. The van der Waals surface area contributed by atoms with E-state index >= 15 is 0 Å². The number of halogens is 2. The summed E-state index contributed by atoms with van der Waals surface area (Å²) < 4.78 is 29.3. The molecule has 3 rings (SSSR count). The molecule has 1 unspecified atom stereocenters. The lowest BCUT2D eigenvalue weighted by atomic mass is 9.98. The van der Waals surface area contributed by atoms with E-state index in [-0.39, 0.29) is 17.9 Å². The molecule has 1 heterocycles. The van der Waals surface area contributed by atoms with Crippen molar-refractivity contribution in [2.24, 2.45) is 5.73 Å². The van der Waals surface area contributed by atoms with E-state index in [2.05, 4.69) is 10.3 Å². The Morgan fingerprint density at radius 3 is 2.43 bits per heavy atom. The SMILES string of the molecule is Cc1cccc(-c2ncc(N)c(=O)n2CC(=O)NC(Cc2ccccc2)C(=O)C(F)(F)C(N)=O)c1. The van der Waals surface area contributed by atoms with Gasteiger partial charge >= 0.3 is 5.92 Å². The summed E-state index contributed by atoms with van der Waals surface area (Å²) in [6.45, 7) is 1.16. The maximum atomic E-state index is 14.2. The molecule has 1 atom stereocenters. The zero-order valence-corrected chi connectivity index (χ0v) is 18.7. The summed E-state index contributed by atoms with van der Waals surface area (Å²) in [6.07, 6.45) is 0.826. The van der Waals surface area contributed by atoms with Gasteiger partial charge < -0.3 is 16.8 Å². The number of aryl methyl sites for hydroxylation is 1. The van der Waals surface area contributed by atoms with Gasteiger partial charge in [-0.1, -0.05) is 54.1 Å². The molecular formula is C24H23F2N5O4. The first-order valence-corrected chi connectivity index (χ1v) is 10.5. The molecule has 3 aromatic rings. The van der Waals surface area contributed by atoms with Crippen molar-refractivity contribution in [3.05, 3.63) is 82.3 Å². The van der Waals surface area contributed by atoms with Crippen molar-refractivity contribution in [3.63, 3.8) is 0 Å². The fraction of sp³-hybridized carbons (Fsp3) is 0.208. The molecule has 0 radical (unpaired) electrons. The molecule has 2 amide bonds. The predicted octanol–water partition coefficient (Wildman–Crippen LogP) is 1.22. The summed E-state index contributed by atoms with van der Waals surface area (Å²) in [5.74, 6) is -9.32. The van der Waals surface area contributed by atoms with Crippen LogP contribution >= 0.6 is 0 Å². The number of nitrogens with one attached hydrogen (secondary N) is 1. The second-order valence-electron chi connectivity index (χ2n) is 7.91. The summed E-state index contributed by atoms with van der Waals surface area (Å²) in [7, 11) is 0. The van der Waals surface area contributed by atoms with Crippen LogP contribution in [0.25, 0.3) is 11.4 Å². The predicted molar refractivity (Wildman–Crippen MR) is 124 cm³/mol. The average Bonchev–Trinajstić information content (AvgIpc) is 2.81. The molecule has 0 aliphatic rings. The van der Waals surface area contributed by atoms with Crippen LogP contribution in [0.2, 0.25) is 0 Å². The maximum absolute atomic E-state index is 14.2. The maximum Gasteiger partial charge on any atom is 0.383 e. The molecule has 0 saturated heterocycles. The van der Waals surface area contributed by atoms with Gasteiger partial charge in [-0.15, -0.1) is 0 Å². The van der Waals surface area contributed by atoms with Gasteiger partial charge in [0.05, 0.1) is 12.2 Å². The molecule has 11 heteroatoms. The molecule has 0 fully saturated rings. The number of nitrogen functional groups attached to an aromatic ring is 1. The number of aromatic nitrogens is 2. The van der Waals surface area contributed by atoms with E-state index in [0.717, 1.165) is 16.3 Å². The van der Waals surface area contributed by atoms with Crippen LogP contribution in [0.15, 0.2) is 65.6 Å². The number of nitrogens with zero attached hydrogens (tertiary/aromatic N) is 2. The zero-order chi connectivity index (χ0) is 25.8. The lowest BCUT2D eigenvalue weighted by molar-refractivity contribution is -0.158. The second-order valence-corrected chi connectivity index (χ2v) is 7.91. The minimum atomic E-state index is -4.50. The summed E-state index contributed by atoms with van der Waals surface area (Å²) >= 11 is 0. The highest BCUT2D eigenvalue weighted by molar-refractivity contribution is 6.10. The van der Waals surface area contributed by atoms with E-state index < -0.39 is 41.7 Å². The van der Waals surface area contributed by atoms with Crippen LogP contribution in [0, 0.1) is 6.92 Å². The topological polar surface area (TPSA) is 150 Å². The number of Topliss-reactive ketones (excluding diaryl/α,β-unsaturated/α-hetero) is 1. The van der Waals surface area contributed by atoms with Crippen LogP contribution in [0.1, 0.15) is 11.1 Å². The lowest BCUT2D eigenvalue weighted by Gasteiger charge is -2.22. The smallest absolute Gasteiger partial charge is 0.383 e. The van der Waals surface area contributed by atoms with E-state index in [4.69, 9.17) is 11.5 Å². The van der Waals surface area contributed by atoms with Gasteiger partial charge in [-0.2, -0.15) is 8.78 Å². The molecule has 0 bridgehead atoms. The number of anilines is 1. The Labute approximate surface area is 198 Å². The standard InChI is InChI=1S/C24H23F2N5O4/c1-14-6-5-9-16(10-14)21-29-12-17(27)22(34)31(21)13-19(32)30-18(11-15-7-3-2-4-8-15)20(33)24(25,26)23(28)35/h2-10,12,18H,11,13,27H2,1H3,(H2,28,35)(H,30,32). The van der Waals surface area contributed by atoms with Crippen molar-refractivity contribution in [2.75, 3.05) is 5.73 Å². The quantitative estimate of drug-likeness (QED) is 0.390. The molecule has 0 aliphatic heterocycles. The van der Waals surface area contributed by atoms with Crippen molar-refractivity contribution in [3.8, 4) is 11.4 Å². The van der Waals surface area contributed by atoms with Gasteiger partial charge in [0.1, 0.15) is 18.1 Å². The normalized spacial score (nSPS) is 12.1. The first kappa shape index (κ1) is 25.2. The highest BCUT2D eigenvalue weighted by Gasteiger charge is 2.49. The number of primary amides is 1. The molecule has 5 N–H and O–H groups in total. The highest BCUT2D eigenvalue weighted by atomic mass is 19.3. The van der Waals surface area contributed by atoms with Crippen molar-refractivity contribution in [2.45, 2.75) is 31.9 Å².